The van der Waals surface area contributed by atoms with Crippen LogP contribution in [0.2, 0.25) is 0 Å². The maximum absolute atomic E-state index is 14.0. The van der Waals surface area contributed by atoms with Gasteiger partial charge in [0.15, 0.2) is 0 Å². The van der Waals surface area contributed by atoms with E-state index in [0.29, 0.717) is 16.6 Å². The fourth-order valence-corrected chi connectivity index (χ4v) is 2.32. The third kappa shape index (κ3) is 2.43. The molecular formula is C16H12F2N2O2. The van der Waals surface area contributed by atoms with Gasteiger partial charge in [0.1, 0.15) is 23.9 Å². The number of halogens is 2. The van der Waals surface area contributed by atoms with E-state index in [4.69, 9.17) is 0 Å². The first kappa shape index (κ1) is 14.2. The number of rotatable bonds is 3. The summed E-state index contributed by atoms with van der Waals surface area (Å²) in [5.74, 6) is -1.81. The smallest absolute Gasteiger partial charge is 0.327 e. The molecule has 0 N–H and O–H groups in total. The van der Waals surface area contributed by atoms with Gasteiger partial charge in [-0.15, -0.1) is 0 Å². The Bertz CT molecular complexity index is 858. The van der Waals surface area contributed by atoms with Crippen LogP contribution in [0.5, 0.6) is 0 Å². The summed E-state index contributed by atoms with van der Waals surface area (Å²) < 4.78 is 33.2. The summed E-state index contributed by atoms with van der Waals surface area (Å²) in [4.78, 5) is 11.5. The highest BCUT2D eigenvalue weighted by Crippen LogP contribution is 2.30. The molecular weight excluding hydrogens is 290 g/mol. The molecule has 0 radical (unpaired) electrons. The van der Waals surface area contributed by atoms with Crippen molar-refractivity contribution < 1.29 is 18.3 Å². The van der Waals surface area contributed by atoms with Gasteiger partial charge in [0.05, 0.1) is 12.6 Å². The van der Waals surface area contributed by atoms with E-state index in [1.165, 1.54) is 23.9 Å². The minimum Gasteiger partial charge on any atom is -0.468 e. The third-order valence-electron chi connectivity index (χ3n) is 3.35. The first-order valence-corrected chi connectivity index (χ1v) is 6.58. The van der Waals surface area contributed by atoms with Gasteiger partial charge >= 0.3 is 5.97 Å². The molecule has 22 heavy (non-hydrogen) atoms. The second-order valence-corrected chi connectivity index (χ2v) is 4.72. The molecule has 1 aromatic heterocycles. The zero-order valence-corrected chi connectivity index (χ0v) is 11.7. The molecule has 3 rings (SSSR count). The molecule has 3 aromatic rings. The van der Waals surface area contributed by atoms with E-state index in [9.17, 15) is 13.6 Å². The molecule has 6 heteroatoms. The molecule has 0 unspecified atom stereocenters. The van der Waals surface area contributed by atoms with E-state index in [1.807, 2.05) is 0 Å². The number of esters is 1. The summed E-state index contributed by atoms with van der Waals surface area (Å²) in [5, 5.41) is 4.97. The number of methoxy groups -OCH3 is 1. The Morgan fingerprint density at radius 2 is 2.00 bits per heavy atom. The van der Waals surface area contributed by atoms with Gasteiger partial charge in [0.25, 0.3) is 0 Å². The average Bonchev–Trinajstić information content (AvgIpc) is 2.86. The van der Waals surface area contributed by atoms with Crippen molar-refractivity contribution in [2.24, 2.45) is 0 Å². The standard InChI is InChI=1S/C16H12F2N2O2/c1-22-15(21)9-20-14-5-3-2-4-12(14)16(19-20)11-7-6-10(17)8-13(11)18/h2-8H,9H2,1H3. The van der Waals surface area contributed by atoms with E-state index in [-0.39, 0.29) is 12.1 Å². The molecule has 0 saturated heterocycles. The highest BCUT2D eigenvalue weighted by Gasteiger charge is 2.17. The lowest BCUT2D eigenvalue weighted by molar-refractivity contribution is -0.141. The lowest BCUT2D eigenvalue weighted by atomic mass is 10.1. The van der Waals surface area contributed by atoms with Crippen molar-refractivity contribution in [3.05, 3.63) is 54.1 Å². The molecule has 0 aliphatic heterocycles. The summed E-state index contributed by atoms with van der Waals surface area (Å²) in [6, 6.07) is 10.4. The van der Waals surface area contributed by atoms with E-state index in [2.05, 4.69) is 9.84 Å². The van der Waals surface area contributed by atoms with Crippen molar-refractivity contribution in [1.29, 1.82) is 0 Å². The van der Waals surface area contributed by atoms with Crippen molar-refractivity contribution in [3.8, 4) is 11.3 Å². The SMILES string of the molecule is COC(=O)Cn1nc(-c2ccc(F)cc2F)c2ccccc21. The van der Waals surface area contributed by atoms with Gasteiger partial charge in [-0.05, 0) is 18.2 Å². The number of ether oxygens (including phenoxy) is 1. The van der Waals surface area contributed by atoms with Crippen molar-refractivity contribution in [2.45, 2.75) is 6.54 Å². The van der Waals surface area contributed by atoms with Gasteiger partial charge in [-0.2, -0.15) is 5.10 Å². The zero-order valence-electron chi connectivity index (χ0n) is 11.7. The predicted octanol–water partition coefficient (Wildman–Crippen LogP) is 3.15. The van der Waals surface area contributed by atoms with Crippen LogP contribution in [-0.2, 0) is 16.1 Å². The maximum Gasteiger partial charge on any atom is 0.327 e. The quantitative estimate of drug-likeness (QED) is 0.698. The molecule has 4 nitrogen and oxygen atoms in total. The summed E-state index contributed by atoms with van der Waals surface area (Å²) in [6.07, 6.45) is 0. The van der Waals surface area contributed by atoms with Gasteiger partial charge in [-0.1, -0.05) is 18.2 Å². The highest BCUT2D eigenvalue weighted by molar-refractivity contribution is 5.94. The largest absolute Gasteiger partial charge is 0.468 e. The monoisotopic (exact) mass is 302 g/mol. The number of carbonyl (C=O) groups is 1. The third-order valence-corrected chi connectivity index (χ3v) is 3.35. The van der Waals surface area contributed by atoms with Crippen molar-refractivity contribution in [1.82, 2.24) is 9.78 Å². The molecule has 0 aliphatic carbocycles. The molecule has 2 aromatic carbocycles. The fourth-order valence-electron chi connectivity index (χ4n) is 2.32. The highest BCUT2D eigenvalue weighted by atomic mass is 19.1. The minimum atomic E-state index is -0.700. The number of hydrogen-bond donors (Lipinski definition) is 0. The Balaban J connectivity index is 2.19. The topological polar surface area (TPSA) is 44.1 Å². The van der Waals surface area contributed by atoms with Crippen LogP contribution < -0.4 is 0 Å². The van der Waals surface area contributed by atoms with Crippen LogP contribution in [0.4, 0.5) is 8.78 Å². The average molecular weight is 302 g/mol. The normalized spacial score (nSPS) is 10.9. The van der Waals surface area contributed by atoms with Crippen molar-refractivity contribution >= 4 is 16.9 Å². The van der Waals surface area contributed by atoms with Crippen molar-refractivity contribution in [2.75, 3.05) is 7.11 Å². The zero-order chi connectivity index (χ0) is 15.7. The Morgan fingerprint density at radius 1 is 1.23 bits per heavy atom. The Morgan fingerprint density at radius 3 is 2.73 bits per heavy atom. The number of hydrogen-bond acceptors (Lipinski definition) is 3. The van der Waals surface area contributed by atoms with E-state index < -0.39 is 17.6 Å². The van der Waals surface area contributed by atoms with Crippen LogP contribution in [0.1, 0.15) is 0 Å². The molecule has 0 atom stereocenters. The fraction of sp³-hybridized carbons (Fsp3) is 0.125. The number of para-hydroxylation sites is 1. The molecule has 0 spiro atoms. The number of fused-ring (bicyclic) bond motifs is 1. The van der Waals surface area contributed by atoms with Crippen molar-refractivity contribution in [3.63, 3.8) is 0 Å². The van der Waals surface area contributed by atoms with Gasteiger partial charge in [0, 0.05) is 17.0 Å². The summed E-state index contributed by atoms with van der Waals surface area (Å²) in [7, 11) is 1.29. The molecule has 0 aliphatic rings. The van der Waals surface area contributed by atoms with Gasteiger partial charge in [-0.3, -0.25) is 9.48 Å². The van der Waals surface area contributed by atoms with Crippen LogP contribution >= 0.6 is 0 Å². The Kier molecular flexibility index (Phi) is 3.58. The number of aromatic nitrogens is 2. The van der Waals surface area contributed by atoms with Crippen LogP contribution in [-0.4, -0.2) is 22.9 Å². The lowest BCUT2D eigenvalue weighted by Crippen LogP contribution is -2.12. The van der Waals surface area contributed by atoms with Gasteiger partial charge in [0.2, 0.25) is 0 Å². The second-order valence-electron chi connectivity index (χ2n) is 4.72. The van der Waals surface area contributed by atoms with Crippen LogP contribution in [0.15, 0.2) is 42.5 Å². The summed E-state index contributed by atoms with van der Waals surface area (Å²) in [6.45, 7) is -0.0835. The Hall–Kier alpha value is -2.76. The minimum absolute atomic E-state index is 0.0835. The predicted molar refractivity (Wildman–Crippen MR) is 77.1 cm³/mol. The van der Waals surface area contributed by atoms with Gasteiger partial charge in [-0.25, -0.2) is 8.78 Å². The van der Waals surface area contributed by atoms with Crippen LogP contribution in [0.25, 0.3) is 22.2 Å². The first-order chi connectivity index (χ1) is 10.6. The molecule has 0 fully saturated rings. The van der Waals surface area contributed by atoms with E-state index in [0.717, 1.165) is 6.07 Å². The van der Waals surface area contributed by atoms with Gasteiger partial charge < -0.3 is 4.74 Å². The number of carbonyl (C=O) groups excluding carboxylic acids is 1. The molecule has 112 valence electrons. The first-order valence-electron chi connectivity index (χ1n) is 6.58. The second kappa shape index (κ2) is 5.55. The van der Waals surface area contributed by atoms with Crippen LogP contribution in [0.3, 0.4) is 0 Å². The van der Waals surface area contributed by atoms with Crippen LogP contribution in [0, 0.1) is 11.6 Å². The van der Waals surface area contributed by atoms with E-state index in [1.54, 1.807) is 24.3 Å². The van der Waals surface area contributed by atoms with E-state index >= 15 is 0 Å². The number of benzene rings is 2. The summed E-state index contributed by atoms with van der Waals surface area (Å²) >= 11 is 0. The molecule has 1 heterocycles. The molecule has 0 amide bonds. The summed E-state index contributed by atoms with van der Waals surface area (Å²) in [5.41, 5.74) is 1.21. The lowest BCUT2D eigenvalue weighted by Gasteiger charge is -2.01. The maximum atomic E-state index is 14.0. The molecule has 0 saturated carbocycles. The number of nitrogens with zero attached hydrogens (tertiary/aromatic N) is 2. The Labute approximate surface area is 124 Å². The molecule has 0 bridgehead atoms.